The van der Waals surface area contributed by atoms with Crippen molar-refractivity contribution in [2.75, 3.05) is 27.0 Å². The van der Waals surface area contributed by atoms with Gasteiger partial charge in [-0.25, -0.2) is 9.59 Å². The minimum atomic E-state index is -0.465. The number of esters is 2. The average Bonchev–Trinajstić information content (AvgIpc) is 2.70. The molecule has 142 valence electrons. The molecule has 0 saturated heterocycles. The van der Waals surface area contributed by atoms with E-state index in [1.807, 2.05) is 6.07 Å². The van der Waals surface area contributed by atoms with E-state index in [0.717, 1.165) is 5.56 Å². The van der Waals surface area contributed by atoms with Crippen molar-refractivity contribution >= 4 is 29.6 Å². The average molecular weight is 387 g/mol. The molecule has 0 fully saturated rings. The normalized spacial score (nSPS) is 10.2. The second-order valence-electron chi connectivity index (χ2n) is 5.84. The first kappa shape index (κ1) is 20.5. The van der Waals surface area contributed by atoms with Gasteiger partial charge in [-0.15, -0.1) is 11.8 Å². The minimum Gasteiger partial charge on any atom is -0.465 e. The van der Waals surface area contributed by atoms with Crippen molar-refractivity contribution in [1.29, 1.82) is 0 Å². The second kappa shape index (κ2) is 9.78. The maximum atomic E-state index is 12.4. The molecule has 0 spiro atoms. The number of thioether (sulfide) groups is 1. The molecule has 0 saturated carbocycles. The third kappa shape index (κ3) is 5.86. The van der Waals surface area contributed by atoms with Crippen LogP contribution in [0.25, 0.3) is 0 Å². The molecule has 0 aromatic heterocycles. The molecule has 2 rings (SSSR count). The fraction of sp³-hybridized carbons (Fsp3) is 0.250. The Balaban J connectivity index is 1.99. The van der Waals surface area contributed by atoms with E-state index in [1.54, 1.807) is 56.6 Å². The van der Waals surface area contributed by atoms with Crippen molar-refractivity contribution in [3.63, 3.8) is 0 Å². The number of rotatable bonds is 7. The smallest absolute Gasteiger partial charge is 0.339 e. The molecule has 0 radical (unpaired) electrons. The zero-order valence-corrected chi connectivity index (χ0v) is 16.2. The Kier molecular flexibility index (Phi) is 7.43. The van der Waals surface area contributed by atoms with Gasteiger partial charge in [-0.1, -0.05) is 24.3 Å². The van der Waals surface area contributed by atoms with Crippen LogP contribution in [0.2, 0.25) is 0 Å². The fourth-order valence-corrected chi connectivity index (χ4v) is 3.13. The lowest BCUT2D eigenvalue weighted by atomic mass is 10.1. The third-order valence-corrected chi connectivity index (χ3v) is 4.76. The highest BCUT2D eigenvalue weighted by molar-refractivity contribution is 8.00. The van der Waals surface area contributed by atoms with Gasteiger partial charge in [-0.05, 0) is 29.8 Å². The van der Waals surface area contributed by atoms with Crippen LogP contribution >= 0.6 is 11.8 Å². The summed E-state index contributed by atoms with van der Waals surface area (Å²) in [5.74, 6) is -0.676. The highest BCUT2D eigenvalue weighted by Gasteiger charge is 2.15. The minimum absolute atomic E-state index is 0.0335. The van der Waals surface area contributed by atoms with Crippen LogP contribution < -0.4 is 0 Å². The van der Waals surface area contributed by atoms with E-state index in [9.17, 15) is 14.4 Å². The molecule has 2 aromatic rings. The van der Waals surface area contributed by atoms with Gasteiger partial charge in [0.15, 0.2) is 0 Å². The van der Waals surface area contributed by atoms with Gasteiger partial charge in [-0.3, -0.25) is 4.79 Å². The van der Waals surface area contributed by atoms with E-state index in [1.165, 1.54) is 23.8 Å². The van der Waals surface area contributed by atoms with Crippen molar-refractivity contribution in [3.05, 3.63) is 65.2 Å². The number of amides is 1. The van der Waals surface area contributed by atoms with Crippen LogP contribution in [0, 0.1) is 0 Å². The van der Waals surface area contributed by atoms with Gasteiger partial charge in [0.25, 0.3) is 0 Å². The molecule has 0 aliphatic rings. The Bertz CT molecular complexity index is 817. The zero-order valence-electron chi connectivity index (χ0n) is 15.4. The third-order valence-electron chi connectivity index (χ3n) is 3.70. The molecule has 7 heteroatoms. The van der Waals surface area contributed by atoms with Crippen molar-refractivity contribution < 1.29 is 23.9 Å². The lowest BCUT2D eigenvalue weighted by molar-refractivity contribution is -0.125. The van der Waals surface area contributed by atoms with E-state index >= 15 is 0 Å². The highest BCUT2D eigenvalue weighted by atomic mass is 32.2. The number of benzene rings is 2. The molecule has 0 atom stereocenters. The number of methoxy groups -OCH3 is 1. The van der Waals surface area contributed by atoms with Gasteiger partial charge < -0.3 is 14.4 Å². The summed E-state index contributed by atoms with van der Waals surface area (Å²) in [6.07, 6.45) is 0. The first-order chi connectivity index (χ1) is 12.9. The second-order valence-corrected chi connectivity index (χ2v) is 6.85. The van der Waals surface area contributed by atoms with Crippen LogP contribution in [-0.2, 0) is 20.9 Å². The number of hydrogen-bond acceptors (Lipinski definition) is 6. The maximum Gasteiger partial charge on any atom is 0.339 e. The Morgan fingerprint density at radius 1 is 0.963 bits per heavy atom. The molecule has 0 heterocycles. The summed E-state index contributed by atoms with van der Waals surface area (Å²) in [6, 6.07) is 13.7. The van der Waals surface area contributed by atoms with Crippen LogP contribution in [0.3, 0.4) is 0 Å². The summed E-state index contributed by atoms with van der Waals surface area (Å²) < 4.78 is 10.0. The summed E-state index contributed by atoms with van der Waals surface area (Å²) in [4.78, 5) is 37.8. The molecule has 0 aliphatic carbocycles. The molecule has 1 amide bonds. The standard InChI is InChI=1S/C20H21NO5S/c1-21(2)18(22)13-27-17-7-5-4-6-16(17)20(24)26-12-14-8-10-15(11-9-14)19(23)25-3/h4-11H,12-13H2,1-3H3. The number of nitrogens with zero attached hydrogens (tertiary/aromatic N) is 1. The van der Waals surface area contributed by atoms with Gasteiger partial charge in [0.05, 0.1) is 24.0 Å². The largest absolute Gasteiger partial charge is 0.465 e. The zero-order chi connectivity index (χ0) is 19.8. The number of carbonyl (C=O) groups is 3. The Labute approximate surface area is 162 Å². The molecule has 6 nitrogen and oxygen atoms in total. The molecular formula is C20H21NO5S. The first-order valence-electron chi connectivity index (χ1n) is 8.18. The van der Waals surface area contributed by atoms with Crippen LogP contribution in [0.4, 0.5) is 0 Å². The molecular weight excluding hydrogens is 366 g/mol. The molecule has 0 bridgehead atoms. The topological polar surface area (TPSA) is 72.9 Å². The van der Waals surface area contributed by atoms with Crippen molar-refractivity contribution in [1.82, 2.24) is 4.90 Å². The van der Waals surface area contributed by atoms with Crippen LogP contribution in [0.15, 0.2) is 53.4 Å². The van der Waals surface area contributed by atoms with Crippen LogP contribution in [0.5, 0.6) is 0 Å². The van der Waals surface area contributed by atoms with E-state index in [0.29, 0.717) is 16.0 Å². The Hall–Kier alpha value is -2.80. The summed E-state index contributed by atoms with van der Waals surface area (Å²) in [5, 5.41) is 0. The SMILES string of the molecule is COC(=O)c1ccc(COC(=O)c2ccccc2SCC(=O)N(C)C)cc1. The van der Waals surface area contributed by atoms with Gasteiger partial charge in [-0.2, -0.15) is 0 Å². The summed E-state index contributed by atoms with van der Waals surface area (Å²) in [6.45, 7) is 0.0793. The molecule has 0 unspecified atom stereocenters. The summed E-state index contributed by atoms with van der Waals surface area (Å²) in [7, 11) is 4.70. The number of ether oxygens (including phenoxy) is 2. The first-order valence-corrected chi connectivity index (χ1v) is 9.17. The highest BCUT2D eigenvalue weighted by Crippen LogP contribution is 2.24. The van der Waals surface area contributed by atoms with Gasteiger partial charge in [0.2, 0.25) is 5.91 Å². The van der Waals surface area contributed by atoms with Crippen molar-refractivity contribution in [2.24, 2.45) is 0 Å². The number of carbonyl (C=O) groups excluding carboxylic acids is 3. The van der Waals surface area contributed by atoms with Crippen LogP contribution in [0.1, 0.15) is 26.3 Å². The van der Waals surface area contributed by atoms with E-state index < -0.39 is 11.9 Å². The number of hydrogen-bond donors (Lipinski definition) is 0. The van der Waals surface area contributed by atoms with E-state index in [2.05, 4.69) is 4.74 Å². The predicted octanol–water partition coefficient (Wildman–Crippen LogP) is 3.01. The van der Waals surface area contributed by atoms with E-state index in [4.69, 9.17) is 4.74 Å². The predicted molar refractivity (Wildman–Crippen MR) is 103 cm³/mol. The molecule has 0 N–H and O–H groups in total. The lowest BCUT2D eigenvalue weighted by Crippen LogP contribution is -2.23. The Morgan fingerprint density at radius 3 is 2.26 bits per heavy atom. The lowest BCUT2D eigenvalue weighted by Gasteiger charge is -2.12. The van der Waals surface area contributed by atoms with Crippen molar-refractivity contribution in [2.45, 2.75) is 11.5 Å². The van der Waals surface area contributed by atoms with Gasteiger partial charge >= 0.3 is 11.9 Å². The maximum absolute atomic E-state index is 12.4. The van der Waals surface area contributed by atoms with Gasteiger partial charge in [0.1, 0.15) is 6.61 Å². The van der Waals surface area contributed by atoms with E-state index in [-0.39, 0.29) is 18.3 Å². The summed E-state index contributed by atoms with van der Waals surface area (Å²) in [5.41, 5.74) is 1.60. The molecule has 27 heavy (non-hydrogen) atoms. The van der Waals surface area contributed by atoms with Crippen molar-refractivity contribution in [3.8, 4) is 0 Å². The van der Waals surface area contributed by atoms with Gasteiger partial charge in [0, 0.05) is 19.0 Å². The molecule has 0 aliphatic heterocycles. The monoisotopic (exact) mass is 387 g/mol. The quantitative estimate of drug-likeness (QED) is 0.537. The fourth-order valence-electron chi connectivity index (χ4n) is 2.11. The summed E-state index contributed by atoms with van der Waals surface area (Å²) >= 11 is 1.30. The Morgan fingerprint density at radius 2 is 1.63 bits per heavy atom. The molecule has 2 aromatic carbocycles. The van der Waals surface area contributed by atoms with Crippen LogP contribution in [-0.4, -0.2) is 49.7 Å².